The van der Waals surface area contributed by atoms with Gasteiger partial charge in [0, 0.05) is 13.6 Å². The van der Waals surface area contributed by atoms with Crippen LogP contribution in [0.5, 0.6) is 0 Å². The number of likely N-dealkylation sites (tertiary alicyclic amines) is 1. The van der Waals surface area contributed by atoms with Crippen LogP contribution in [0.2, 0.25) is 0 Å². The van der Waals surface area contributed by atoms with Crippen molar-refractivity contribution < 1.29 is 4.79 Å². The molecule has 1 amide bonds. The standard InChI is InChI=1S/C12H18N4O/c1-15-6-5-9(8-15)12(17)16(2)11-4-3-10(13)7-14-11/h3-4,7,9H,5-6,8,13H2,1-2H3. The molecule has 1 aromatic heterocycles. The van der Waals surface area contributed by atoms with Gasteiger partial charge >= 0.3 is 0 Å². The van der Waals surface area contributed by atoms with Crippen LogP contribution in [-0.2, 0) is 4.79 Å². The van der Waals surface area contributed by atoms with Crippen LogP contribution in [0, 0.1) is 5.92 Å². The van der Waals surface area contributed by atoms with E-state index in [0.29, 0.717) is 11.5 Å². The fraction of sp³-hybridized carbons (Fsp3) is 0.500. The minimum atomic E-state index is 0.0874. The van der Waals surface area contributed by atoms with Gasteiger partial charge in [0.2, 0.25) is 5.91 Å². The maximum Gasteiger partial charge on any atom is 0.232 e. The molecule has 1 aliphatic heterocycles. The Bertz CT molecular complexity index is 403. The van der Waals surface area contributed by atoms with E-state index in [9.17, 15) is 4.79 Å². The van der Waals surface area contributed by atoms with Gasteiger partial charge in [0.15, 0.2) is 0 Å². The fourth-order valence-electron chi connectivity index (χ4n) is 2.12. The second-order valence-electron chi connectivity index (χ2n) is 4.59. The number of amides is 1. The maximum atomic E-state index is 12.2. The highest BCUT2D eigenvalue weighted by molar-refractivity contribution is 5.94. The van der Waals surface area contributed by atoms with Gasteiger partial charge in [-0.1, -0.05) is 0 Å². The highest BCUT2D eigenvalue weighted by atomic mass is 16.2. The van der Waals surface area contributed by atoms with E-state index in [-0.39, 0.29) is 11.8 Å². The predicted molar refractivity (Wildman–Crippen MR) is 67.7 cm³/mol. The number of hydrogen-bond acceptors (Lipinski definition) is 4. The quantitative estimate of drug-likeness (QED) is 0.813. The number of carbonyl (C=O) groups is 1. The van der Waals surface area contributed by atoms with Crippen molar-refractivity contribution in [3.05, 3.63) is 18.3 Å². The zero-order valence-electron chi connectivity index (χ0n) is 10.3. The molecule has 1 atom stereocenters. The van der Waals surface area contributed by atoms with E-state index < -0.39 is 0 Å². The second kappa shape index (κ2) is 4.71. The number of rotatable bonds is 2. The van der Waals surface area contributed by atoms with Crippen molar-refractivity contribution in [2.45, 2.75) is 6.42 Å². The van der Waals surface area contributed by atoms with Gasteiger partial charge in [0.25, 0.3) is 0 Å². The van der Waals surface area contributed by atoms with Crippen molar-refractivity contribution in [2.24, 2.45) is 5.92 Å². The third-order valence-electron chi connectivity index (χ3n) is 3.19. The normalized spacial score (nSPS) is 20.5. The van der Waals surface area contributed by atoms with Crippen molar-refractivity contribution in [2.75, 3.05) is 37.8 Å². The molecule has 0 saturated carbocycles. The monoisotopic (exact) mass is 234 g/mol. The van der Waals surface area contributed by atoms with Crippen LogP contribution in [0.3, 0.4) is 0 Å². The van der Waals surface area contributed by atoms with E-state index in [1.165, 1.54) is 0 Å². The van der Waals surface area contributed by atoms with Crippen LogP contribution < -0.4 is 10.6 Å². The van der Waals surface area contributed by atoms with Crippen molar-refractivity contribution in [3.8, 4) is 0 Å². The molecule has 1 aromatic rings. The average Bonchev–Trinajstić information content (AvgIpc) is 2.75. The molecule has 1 unspecified atom stereocenters. The summed E-state index contributed by atoms with van der Waals surface area (Å²) in [6.45, 7) is 1.82. The molecule has 0 radical (unpaired) electrons. The lowest BCUT2D eigenvalue weighted by atomic mass is 10.1. The number of pyridine rings is 1. The fourth-order valence-corrected chi connectivity index (χ4v) is 2.12. The second-order valence-corrected chi connectivity index (χ2v) is 4.59. The van der Waals surface area contributed by atoms with Gasteiger partial charge in [-0.2, -0.15) is 0 Å². The molecule has 2 N–H and O–H groups in total. The average molecular weight is 234 g/mol. The Balaban J connectivity index is 2.06. The first-order chi connectivity index (χ1) is 8.08. The molecule has 0 aromatic carbocycles. The number of nitrogens with two attached hydrogens (primary N) is 1. The number of nitrogens with zero attached hydrogens (tertiary/aromatic N) is 3. The number of aromatic nitrogens is 1. The van der Waals surface area contributed by atoms with Crippen LogP contribution in [-0.4, -0.2) is 43.0 Å². The van der Waals surface area contributed by atoms with Gasteiger partial charge in [-0.3, -0.25) is 9.69 Å². The molecule has 1 saturated heterocycles. The summed E-state index contributed by atoms with van der Waals surface area (Å²) in [5.74, 6) is 0.870. The van der Waals surface area contributed by atoms with Crippen LogP contribution >= 0.6 is 0 Å². The van der Waals surface area contributed by atoms with Gasteiger partial charge in [-0.25, -0.2) is 4.98 Å². The molecule has 1 fully saturated rings. The summed E-state index contributed by atoms with van der Waals surface area (Å²) < 4.78 is 0. The summed E-state index contributed by atoms with van der Waals surface area (Å²) in [6.07, 6.45) is 2.49. The minimum absolute atomic E-state index is 0.0874. The maximum absolute atomic E-state index is 12.2. The number of nitrogen functional groups attached to an aromatic ring is 1. The van der Waals surface area contributed by atoms with Gasteiger partial charge < -0.3 is 10.6 Å². The van der Waals surface area contributed by atoms with E-state index in [1.807, 2.05) is 7.05 Å². The summed E-state index contributed by atoms with van der Waals surface area (Å²) >= 11 is 0. The summed E-state index contributed by atoms with van der Waals surface area (Å²) in [4.78, 5) is 20.1. The highest BCUT2D eigenvalue weighted by Crippen LogP contribution is 2.19. The SMILES string of the molecule is CN1CCC(C(=O)N(C)c2ccc(N)cn2)C1. The third kappa shape index (κ3) is 2.55. The summed E-state index contributed by atoms with van der Waals surface area (Å²) in [5, 5.41) is 0. The first-order valence-corrected chi connectivity index (χ1v) is 5.75. The molecule has 5 nitrogen and oxygen atoms in total. The molecule has 0 aliphatic carbocycles. The predicted octanol–water partition coefficient (Wildman–Crippen LogP) is 0.578. The molecule has 2 rings (SSSR count). The molecular formula is C12H18N4O. The highest BCUT2D eigenvalue weighted by Gasteiger charge is 2.29. The zero-order valence-corrected chi connectivity index (χ0v) is 10.3. The Labute approximate surface area is 101 Å². The van der Waals surface area contributed by atoms with E-state index in [1.54, 1.807) is 30.3 Å². The Morgan fingerprint density at radius 1 is 1.59 bits per heavy atom. The van der Waals surface area contributed by atoms with Crippen LogP contribution in [0.15, 0.2) is 18.3 Å². The van der Waals surface area contributed by atoms with Crippen LogP contribution in [0.1, 0.15) is 6.42 Å². The van der Waals surface area contributed by atoms with Gasteiger partial charge in [0.1, 0.15) is 5.82 Å². The minimum Gasteiger partial charge on any atom is -0.397 e. The van der Waals surface area contributed by atoms with Crippen LogP contribution in [0.25, 0.3) is 0 Å². The molecule has 92 valence electrons. The Kier molecular flexibility index (Phi) is 3.28. The summed E-state index contributed by atoms with van der Waals surface area (Å²) in [7, 11) is 3.80. The van der Waals surface area contributed by atoms with Gasteiger partial charge in [0.05, 0.1) is 17.8 Å². The van der Waals surface area contributed by atoms with E-state index >= 15 is 0 Å². The molecule has 5 heteroatoms. The first-order valence-electron chi connectivity index (χ1n) is 5.75. The molecule has 2 heterocycles. The van der Waals surface area contributed by atoms with Crippen molar-refractivity contribution in [1.29, 1.82) is 0 Å². The van der Waals surface area contributed by atoms with Crippen molar-refractivity contribution in [1.82, 2.24) is 9.88 Å². The Morgan fingerprint density at radius 2 is 2.35 bits per heavy atom. The number of anilines is 2. The van der Waals surface area contributed by atoms with E-state index in [2.05, 4.69) is 9.88 Å². The van der Waals surface area contributed by atoms with Crippen LogP contribution in [0.4, 0.5) is 11.5 Å². The van der Waals surface area contributed by atoms with Gasteiger partial charge in [-0.15, -0.1) is 0 Å². The largest absolute Gasteiger partial charge is 0.397 e. The number of hydrogen-bond donors (Lipinski definition) is 1. The Hall–Kier alpha value is -1.62. The molecular weight excluding hydrogens is 216 g/mol. The van der Waals surface area contributed by atoms with Crippen molar-refractivity contribution in [3.63, 3.8) is 0 Å². The third-order valence-corrected chi connectivity index (χ3v) is 3.19. The molecule has 0 spiro atoms. The van der Waals surface area contributed by atoms with E-state index in [4.69, 9.17) is 5.73 Å². The zero-order chi connectivity index (χ0) is 12.4. The summed E-state index contributed by atoms with van der Waals surface area (Å²) in [5.41, 5.74) is 6.18. The Morgan fingerprint density at radius 3 is 2.88 bits per heavy atom. The van der Waals surface area contributed by atoms with Crippen molar-refractivity contribution >= 4 is 17.4 Å². The van der Waals surface area contributed by atoms with E-state index in [0.717, 1.165) is 19.5 Å². The number of carbonyl (C=O) groups excluding carboxylic acids is 1. The molecule has 0 bridgehead atoms. The molecule has 1 aliphatic rings. The van der Waals surface area contributed by atoms with Gasteiger partial charge in [-0.05, 0) is 32.1 Å². The lowest BCUT2D eigenvalue weighted by molar-refractivity contribution is -0.121. The lowest BCUT2D eigenvalue weighted by Gasteiger charge is -2.20. The summed E-state index contributed by atoms with van der Waals surface area (Å²) in [6, 6.07) is 3.53. The lowest BCUT2D eigenvalue weighted by Crippen LogP contribution is -2.34. The first kappa shape index (κ1) is 11.9. The smallest absolute Gasteiger partial charge is 0.232 e. The topological polar surface area (TPSA) is 62.5 Å². The molecule has 17 heavy (non-hydrogen) atoms.